The molecule has 16 heavy (non-hydrogen) atoms. The van der Waals surface area contributed by atoms with Crippen LogP contribution >= 0.6 is 11.6 Å². The fourth-order valence-corrected chi connectivity index (χ4v) is 2.13. The van der Waals surface area contributed by atoms with Crippen LogP contribution in [0.15, 0.2) is 24.4 Å². The molecule has 0 fully saturated rings. The molecular weight excluding hydrogens is 222 g/mol. The van der Waals surface area contributed by atoms with Crippen LogP contribution in [0.5, 0.6) is 0 Å². The molecule has 2 N–H and O–H groups in total. The molecule has 1 heterocycles. The molecule has 0 aliphatic carbocycles. The van der Waals surface area contributed by atoms with E-state index in [9.17, 15) is 0 Å². The molecule has 2 aromatic rings. The Morgan fingerprint density at radius 2 is 2.12 bits per heavy atom. The Kier molecular flexibility index (Phi) is 3.86. The van der Waals surface area contributed by atoms with Crippen LogP contribution in [0.1, 0.15) is 24.0 Å². The Hall–Kier alpha value is -0.990. The average molecular weight is 238 g/mol. The highest BCUT2D eigenvalue weighted by Gasteiger charge is 2.04. The van der Waals surface area contributed by atoms with E-state index >= 15 is 0 Å². The largest absolute Gasteiger partial charge is 0.392 e. The van der Waals surface area contributed by atoms with E-state index in [1.807, 2.05) is 12.1 Å². The molecule has 1 aromatic carbocycles. The second-order valence-corrected chi connectivity index (χ2v) is 4.38. The standard InChI is InChI=1S/C13H16ClNO/c14-6-2-1-3-11-8-15-13-5-4-10(9-16)7-12(11)13/h4-5,7-8,15-16H,1-3,6,9H2. The van der Waals surface area contributed by atoms with Gasteiger partial charge in [-0.15, -0.1) is 11.6 Å². The fraction of sp³-hybridized carbons (Fsp3) is 0.385. The lowest BCUT2D eigenvalue weighted by Crippen LogP contribution is -1.86. The third-order valence-electron chi connectivity index (χ3n) is 2.84. The van der Waals surface area contributed by atoms with E-state index in [0.717, 1.165) is 36.2 Å². The zero-order valence-electron chi connectivity index (χ0n) is 9.17. The van der Waals surface area contributed by atoms with Crippen LogP contribution in [0, 0.1) is 0 Å². The van der Waals surface area contributed by atoms with Crippen molar-refractivity contribution in [3.63, 3.8) is 0 Å². The molecule has 2 rings (SSSR count). The van der Waals surface area contributed by atoms with Gasteiger partial charge in [-0.1, -0.05) is 6.07 Å². The molecule has 0 spiro atoms. The van der Waals surface area contributed by atoms with Crippen LogP contribution in [0.3, 0.4) is 0 Å². The smallest absolute Gasteiger partial charge is 0.0682 e. The van der Waals surface area contributed by atoms with Gasteiger partial charge in [0, 0.05) is 23.0 Å². The predicted molar refractivity (Wildman–Crippen MR) is 67.9 cm³/mol. The third-order valence-corrected chi connectivity index (χ3v) is 3.11. The van der Waals surface area contributed by atoms with Crippen LogP contribution in [-0.2, 0) is 13.0 Å². The summed E-state index contributed by atoms with van der Waals surface area (Å²) in [6.45, 7) is 0.0994. The number of hydrogen-bond acceptors (Lipinski definition) is 1. The molecule has 3 heteroatoms. The molecule has 0 atom stereocenters. The van der Waals surface area contributed by atoms with Crippen molar-refractivity contribution >= 4 is 22.5 Å². The van der Waals surface area contributed by atoms with Gasteiger partial charge in [-0.2, -0.15) is 0 Å². The van der Waals surface area contributed by atoms with E-state index < -0.39 is 0 Å². The van der Waals surface area contributed by atoms with Crippen LogP contribution in [-0.4, -0.2) is 16.0 Å². The summed E-state index contributed by atoms with van der Waals surface area (Å²) >= 11 is 5.67. The second-order valence-electron chi connectivity index (χ2n) is 4.00. The summed E-state index contributed by atoms with van der Waals surface area (Å²) in [7, 11) is 0. The number of aryl methyl sites for hydroxylation is 1. The number of H-pyrrole nitrogens is 1. The van der Waals surface area contributed by atoms with Gasteiger partial charge in [0.1, 0.15) is 0 Å². The van der Waals surface area contributed by atoms with Crippen molar-refractivity contribution in [3.8, 4) is 0 Å². The summed E-state index contributed by atoms with van der Waals surface area (Å²) in [5, 5.41) is 10.3. The molecule has 0 saturated carbocycles. The summed E-state index contributed by atoms with van der Waals surface area (Å²) < 4.78 is 0. The number of fused-ring (bicyclic) bond motifs is 1. The number of halogens is 1. The fourth-order valence-electron chi connectivity index (χ4n) is 1.94. The quantitative estimate of drug-likeness (QED) is 0.608. The Morgan fingerprint density at radius 3 is 2.88 bits per heavy atom. The predicted octanol–water partition coefficient (Wildman–Crippen LogP) is 3.22. The highest BCUT2D eigenvalue weighted by atomic mass is 35.5. The van der Waals surface area contributed by atoms with Crippen molar-refractivity contribution in [2.24, 2.45) is 0 Å². The van der Waals surface area contributed by atoms with Crippen molar-refractivity contribution in [2.45, 2.75) is 25.9 Å². The number of aliphatic hydroxyl groups is 1. The highest BCUT2D eigenvalue weighted by Crippen LogP contribution is 2.21. The molecular formula is C13H16ClNO. The third kappa shape index (κ3) is 2.39. The van der Waals surface area contributed by atoms with Crippen molar-refractivity contribution in [1.29, 1.82) is 0 Å². The SMILES string of the molecule is OCc1ccc2[nH]cc(CCCCCl)c2c1. The highest BCUT2D eigenvalue weighted by molar-refractivity contribution is 6.17. The number of nitrogens with one attached hydrogen (secondary N) is 1. The maximum atomic E-state index is 9.11. The van der Waals surface area contributed by atoms with Gasteiger partial charge in [0.05, 0.1) is 6.61 Å². The van der Waals surface area contributed by atoms with Crippen LogP contribution in [0.2, 0.25) is 0 Å². The lowest BCUT2D eigenvalue weighted by Gasteiger charge is -2.00. The summed E-state index contributed by atoms with van der Waals surface area (Å²) in [6, 6.07) is 6.02. The Bertz CT molecular complexity index is 464. The lowest BCUT2D eigenvalue weighted by molar-refractivity contribution is 0.282. The van der Waals surface area contributed by atoms with E-state index in [1.165, 1.54) is 10.9 Å². The van der Waals surface area contributed by atoms with Crippen LogP contribution in [0.25, 0.3) is 10.9 Å². The van der Waals surface area contributed by atoms with Gasteiger partial charge in [0.2, 0.25) is 0 Å². The van der Waals surface area contributed by atoms with Crippen molar-refractivity contribution in [1.82, 2.24) is 4.98 Å². The second kappa shape index (κ2) is 5.37. The topological polar surface area (TPSA) is 36.0 Å². The lowest BCUT2D eigenvalue weighted by atomic mass is 10.1. The number of hydrogen-bond donors (Lipinski definition) is 2. The minimum absolute atomic E-state index is 0.0994. The number of alkyl halides is 1. The minimum Gasteiger partial charge on any atom is -0.392 e. The summed E-state index contributed by atoms with van der Waals surface area (Å²) in [5.41, 5.74) is 3.42. The average Bonchev–Trinajstić information content (AvgIpc) is 2.72. The van der Waals surface area contributed by atoms with Crippen LogP contribution in [0.4, 0.5) is 0 Å². The maximum absolute atomic E-state index is 9.11. The number of benzene rings is 1. The molecule has 1 aromatic heterocycles. The van der Waals surface area contributed by atoms with Crippen molar-refractivity contribution < 1.29 is 5.11 Å². The summed E-state index contributed by atoms with van der Waals surface area (Å²) in [6.07, 6.45) is 5.26. The van der Waals surface area contributed by atoms with Gasteiger partial charge in [-0.25, -0.2) is 0 Å². The van der Waals surface area contributed by atoms with E-state index in [0.29, 0.717) is 0 Å². The molecule has 0 radical (unpaired) electrons. The van der Waals surface area contributed by atoms with E-state index in [4.69, 9.17) is 16.7 Å². The van der Waals surface area contributed by atoms with Gasteiger partial charge in [0.25, 0.3) is 0 Å². The molecule has 0 aliphatic heterocycles. The molecule has 0 aliphatic rings. The Labute approximate surface area is 100 Å². The molecule has 2 nitrogen and oxygen atoms in total. The van der Waals surface area contributed by atoms with E-state index in [-0.39, 0.29) is 6.61 Å². The monoisotopic (exact) mass is 237 g/mol. The molecule has 0 bridgehead atoms. The van der Waals surface area contributed by atoms with Crippen molar-refractivity contribution in [2.75, 3.05) is 5.88 Å². The van der Waals surface area contributed by atoms with Gasteiger partial charge in [-0.05, 0) is 42.5 Å². The number of unbranched alkanes of at least 4 members (excludes halogenated alkanes) is 1. The first kappa shape index (κ1) is 11.5. The first-order valence-corrected chi connectivity index (χ1v) is 6.14. The van der Waals surface area contributed by atoms with Gasteiger partial charge >= 0.3 is 0 Å². The molecule has 86 valence electrons. The Balaban J connectivity index is 2.24. The Morgan fingerprint density at radius 1 is 1.25 bits per heavy atom. The van der Waals surface area contributed by atoms with Gasteiger partial charge in [0.15, 0.2) is 0 Å². The summed E-state index contributed by atoms with van der Waals surface area (Å²) in [4.78, 5) is 3.25. The van der Waals surface area contributed by atoms with Crippen LogP contribution < -0.4 is 0 Å². The number of rotatable bonds is 5. The molecule has 0 saturated heterocycles. The van der Waals surface area contributed by atoms with Gasteiger partial charge in [-0.3, -0.25) is 0 Å². The maximum Gasteiger partial charge on any atom is 0.0682 e. The number of aromatic amines is 1. The van der Waals surface area contributed by atoms with Crippen molar-refractivity contribution in [3.05, 3.63) is 35.5 Å². The van der Waals surface area contributed by atoms with E-state index in [1.54, 1.807) is 0 Å². The number of aromatic nitrogens is 1. The first-order chi connectivity index (χ1) is 7.85. The normalized spacial score (nSPS) is 11.1. The minimum atomic E-state index is 0.0994. The van der Waals surface area contributed by atoms with E-state index in [2.05, 4.69) is 17.2 Å². The first-order valence-electron chi connectivity index (χ1n) is 5.61. The zero-order valence-corrected chi connectivity index (χ0v) is 9.93. The molecule has 0 unspecified atom stereocenters. The summed E-state index contributed by atoms with van der Waals surface area (Å²) in [5.74, 6) is 0.726. The number of aliphatic hydroxyl groups excluding tert-OH is 1. The van der Waals surface area contributed by atoms with Gasteiger partial charge < -0.3 is 10.1 Å². The molecule has 0 amide bonds. The zero-order chi connectivity index (χ0) is 11.4.